The fourth-order valence-corrected chi connectivity index (χ4v) is 2.04. The number of carboxylic acids is 1. The van der Waals surface area contributed by atoms with Gasteiger partial charge in [-0.05, 0) is 30.5 Å². The van der Waals surface area contributed by atoms with Crippen LogP contribution in [0.1, 0.15) is 36.7 Å². The molecule has 1 atom stereocenters. The summed E-state index contributed by atoms with van der Waals surface area (Å²) in [7, 11) is 0. The summed E-state index contributed by atoms with van der Waals surface area (Å²) in [4.78, 5) is 24.8. The number of amides is 1. The van der Waals surface area contributed by atoms with Gasteiger partial charge in [-0.15, -0.1) is 11.6 Å². The molecule has 1 rings (SSSR count). The van der Waals surface area contributed by atoms with Gasteiger partial charge in [-0.2, -0.15) is 0 Å². The van der Waals surface area contributed by atoms with Crippen LogP contribution in [-0.2, 0) is 11.3 Å². The second-order valence-corrected chi connectivity index (χ2v) is 6.34. The van der Waals surface area contributed by atoms with Crippen molar-refractivity contribution in [1.82, 2.24) is 4.90 Å². The molecule has 1 amide bonds. The summed E-state index contributed by atoms with van der Waals surface area (Å²) in [6.45, 7) is 6.95. The zero-order valence-electron chi connectivity index (χ0n) is 13.1. The number of benzene rings is 1. The first-order valence-electron chi connectivity index (χ1n) is 7.23. The first-order chi connectivity index (χ1) is 10.3. The Labute approximate surface area is 136 Å². The van der Waals surface area contributed by atoms with Crippen LogP contribution in [0.2, 0.25) is 0 Å². The highest BCUT2D eigenvalue weighted by atomic mass is 35.5. The van der Waals surface area contributed by atoms with Crippen LogP contribution in [0.25, 0.3) is 0 Å². The number of rotatable bonds is 7. The number of hydrogen-bond donors (Lipinski definition) is 1. The number of carbonyl (C=O) groups excluding carboxylic acids is 1. The van der Waals surface area contributed by atoms with E-state index >= 15 is 0 Å². The predicted octanol–water partition coefficient (Wildman–Crippen LogP) is 3.55. The fraction of sp³-hybridized carbons (Fsp3) is 0.412. The molecule has 0 spiro atoms. The molecule has 0 radical (unpaired) electrons. The van der Waals surface area contributed by atoms with Crippen molar-refractivity contribution in [2.45, 2.75) is 32.7 Å². The molecule has 5 heteroatoms. The number of aromatic carboxylic acids is 1. The van der Waals surface area contributed by atoms with Crippen molar-refractivity contribution in [2.24, 2.45) is 5.92 Å². The molecule has 0 saturated heterocycles. The fourth-order valence-electron chi connectivity index (χ4n) is 1.97. The van der Waals surface area contributed by atoms with Crippen LogP contribution in [0.15, 0.2) is 36.4 Å². The molecule has 0 aliphatic carbocycles. The first kappa shape index (κ1) is 18.2. The molecule has 0 aliphatic rings. The third-order valence-corrected chi connectivity index (χ3v) is 3.12. The Morgan fingerprint density at radius 3 is 2.27 bits per heavy atom. The van der Waals surface area contributed by atoms with Crippen LogP contribution in [0.3, 0.4) is 0 Å². The molecule has 0 bridgehead atoms. The highest BCUT2D eigenvalue weighted by molar-refractivity contribution is 6.21. The van der Waals surface area contributed by atoms with E-state index in [2.05, 4.69) is 0 Å². The smallest absolute Gasteiger partial charge is 0.335 e. The summed E-state index contributed by atoms with van der Waals surface area (Å²) in [5.41, 5.74) is 1.13. The van der Waals surface area contributed by atoms with E-state index in [1.165, 1.54) is 6.08 Å². The predicted molar refractivity (Wildman–Crippen MR) is 88.1 cm³/mol. The van der Waals surface area contributed by atoms with E-state index in [1.807, 2.05) is 13.8 Å². The van der Waals surface area contributed by atoms with Gasteiger partial charge in [0.1, 0.15) is 0 Å². The van der Waals surface area contributed by atoms with Gasteiger partial charge in [-0.1, -0.05) is 32.1 Å². The molecule has 1 unspecified atom stereocenters. The number of nitrogens with zero attached hydrogens (tertiary/aromatic N) is 1. The van der Waals surface area contributed by atoms with Crippen LogP contribution in [-0.4, -0.2) is 33.8 Å². The van der Waals surface area contributed by atoms with Gasteiger partial charge in [0, 0.05) is 24.5 Å². The van der Waals surface area contributed by atoms with Crippen LogP contribution in [0.4, 0.5) is 0 Å². The summed E-state index contributed by atoms with van der Waals surface area (Å²) in [6, 6.07) is 6.56. The zero-order valence-corrected chi connectivity index (χ0v) is 13.9. The number of carbonyl (C=O) groups is 2. The van der Waals surface area contributed by atoms with Crippen molar-refractivity contribution in [3.05, 3.63) is 47.5 Å². The maximum absolute atomic E-state index is 12.2. The molecule has 22 heavy (non-hydrogen) atoms. The van der Waals surface area contributed by atoms with Crippen LogP contribution < -0.4 is 0 Å². The lowest BCUT2D eigenvalue weighted by atomic mass is 10.1. The molecule has 0 aliphatic heterocycles. The topological polar surface area (TPSA) is 57.6 Å². The Kier molecular flexibility index (Phi) is 7.12. The van der Waals surface area contributed by atoms with E-state index in [-0.39, 0.29) is 16.8 Å². The van der Waals surface area contributed by atoms with Gasteiger partial charge < -0.3 is 10.0 Å². The lowest BCUT2D eigenvalue weighted by Gasteiger charge is -2.23. The highest BCUT2D eigenvalue weighted by Crippen LogP contribution is 2.11. The number of alkyl halides is 1. The maximum Gasteiger partial charge on any atom is 0.335 e. The Hall–Kier alpha value is -1.81. The van der Waals surface area contributed by atoms with E-state index in [4.69, 9.17) is 16.7 Å². The molecule has 0 saturated carbocycles. The van der Waals surface area contributed by atoms with Gasteiger partial charge in [0.2, 0.25) is 5.91 Å². The quantitative estimate of drug-likeness (QED) is 0.616. The minimum Gasteiger partial charge on any atom is -0.478 e. The van der Waals surface area contributed by atoms with Gasteiger partial charge in [0.25, 0.3) is 0 Å². The van der Waals surface area contributed by atoms with Crippen molar-refractivity contribution < 1.29 is 14.7 Å². The van der Waals surface area contributed by atoms with Crippen molar-refractivity contribution in [2.75, 3.05) is 6.54 Å². The Morgan fingerprint density at radius 2 is 1.82 bits per heavy atom. The normalized spacial score (nSPS) is 12.6. The Morgan fingerprint density at radius 1 is 1.23 bits per heavy atom. The van der Waals surface area contributed by atoms with E-state index in [0.29, 0.717) is 19.0 Å². The molecule has 1 aromatic rings. The largest absolute Gasteiger partial charge is 0.478 e. The molecule has 0 fully saturated rings. The number of halogens is 1. The third-order valence-electron chi connectivity index (χ3n) is 2.98. The molecular formula is C17H22ClNO3. The van der Waals surface area contributed by atoms with E-state index in [9.17, 15) is 9.59 Å². The Bertz CT molecular complexity index is 535. The summed E-state index contributed by atoms with van der Waals surface area (Å²) in [6.07, 6.45) is 3.15. The minimum absolute atomic E-state index is 0.0940. The Balaban J connectivity index is 2.84. The van der Waals surface area contributed by atoms with Crippen molar-refractivity contribution >= 4 is 23.5 Å². The average molecular weight is 324 g/mol. The second kappa shape index (κ2) is 8.59. The standard InChI is InChI=1S/C17H22ClNO3/c1-12(2)10-19(16(20)9-4-13(3)18)11-14-5-7-15(8-6-14)17(21)22/h4-9,12-13H,10-11H2,1-3H3,(H,21,22)/b9-4+. The van der Waals surface area contributed by atoms with Crippen molar-refractivity contribution in [1.29, 1.82) is 0 Å². The van der Waals surface area contributed by atoms with Crippen molar-refractivity contribution in [3.8, 4) is 0 Å². The molecule has 1 aromatic carbocycles. The van der Waals surface area contributed by atoms with E-state index < -0.39 is 5.97 Å². The molecular weight excluding hydrogens is 302 g/mol. The van der Waals surface area contributed by atoms with E-state index in [1.54, 1.807) is 42.2 Å². The summed E-state index contributed by atoms with van der Waals surface area (Å²) in [5.74, 6) is -0.715. The summed E-state index contributed by atoms with van der Waals surface area (Å²) >= 11 is 5.83. The molecule has 0 aromatic heterocycles. The second-order valence-electron chi connectivity index (χ2n) is 5.65. The van der Waals surface area contributed by atoms with Crippen LogP contribution in [0.5, 0.6) is 0 Å². The minimum atomic E-state index is -0.958. The maximum atomic E-state index is 12.2. The SMILES string of the molecule is CC(Cl)/C=C/C(=O)N(Cc1ccc(C(=O)O)cc1)CC(C)C. The first-order valence-corrected chi connectivity index (χ1v) is 7.66. The zero-order chi connectivity index (χ0) is 16.7. The monoisotopic (exact) mass is 323 g/mol. The molecule has 0 heterocycles. The van der Waals surface area contributed by atoms with Crippen LogP contribution in [0, 0.1) is 5.92 Å². The number of allylic oxidation sites excluding steroid dienone is 1. The van der Waals surface area contributed by atoms with Crippen LogP contribution >= 0.6 is 11.6 Å². The van der Waals surface area contributed by atoms with Gasteiger partial charge in [-0.3, -0.25) is 4.79 Å². The summed E-state index contributed by atoms with van der Waals surface area (Å²) < 4.78 is 0. The van der Waals surface area contributed by atoms with Gasteiger partial charge in [-0.25, -0.2) is 4.79 Å². The van der Waals surface area contributed by atoms with E-state index in [0.717, 1.165) is 5.56 Å². The highest BCUT2D eigenvalue weighted by Gasteiger charge is 2.13. The number of hydrogen-bond acceptors (Lipinski definition) is 2. The lowest BCUT2D eigenvalue weighted by Crippen LogP contribution is -2.32. The van der Waals surface area contributed by atoms with Gasteiger partial charge >= 0.3 is 5.97 Å². The third kappa shape index (κ3) is 6.31. The molecule has 4 nitrogen and oxygen atoms in total. The van der Waals surface area contributed by atoms with Gasteiger partial charge in [0.15, 0.2) is 0 Å². The van der Waals surface area contributed by atoms with Gasteiger partial charge in [0.05, 0.1) is 5.56 Å². The molecule has 120 valence electrons. The summed E-state index contributed by atoms with van der Waals surface area (Å²) in [5, 5.41) is 8.71. The van der Waals surface area contributed by atoms with Crippen molar-refractivity contribution in [3.63, 3.8) is 0 Å². The lowest BCUT2D eigenvalue weighted by molar-refractivity contribution is -0.127. The average Bonchev–Trinajstić information content (AvgIpc) is 2.44. The molecule has 1 N–H and O–H groups in total. The number of carboxylic acid groups (broad SMARTS) is 1.